The average Bonchev–Trinajstić information content (AvgIpc) is 3.13. The number of carboxylic acid groups (broad SMARTS) is 1. The van der Waals surface area contributed by atoms with Crippen molar-refractivity contribution >= 4 is 46.4 Å². The molecule has 0 fully saturated rings. The number of hydrogen-bond donors (Lipinski definition) is 5. The summed E-state index contributed by atoms with van der Waals surface area (Å²) >= 11 is 0. The number of nitrogens with one attached hydrogen (secondary N) is 3. The van der Waals surface area contributed by atoms with E-state index in [0.717, 1.165) is 46.5 Å². The van der Waals surface area contributed by atoms with Crippen molar-refractivity contribution in [2.24, 2.45) is 0 Å². The normalized spacial score (nSPS) is 14.5. The molecule has 1 atom stereocenters. The standard InChI is InChI=1S/C40H45N5O7/c1-44(2)28-16-19-31-34(22-28)52-35-23-29(45(3)4)17-20-32(35)38(31)33-21-26(13-18-30(33)40(49)50)39(48)41-24-25-11-14-27(15-12-25)42-36(46)9-7-5-6-8-10-37(47)43-51/h11-22,35H,5-10,23-24H2,1-4H3,(H4-,41,42,43,46,47,48,49,50,51)/p+1. The van der Waals surface area contributed by atoms with Gasteiger partial charge in [-0.3, -0.25) is 19.6 Å². The van der Waals surface area contributed by atoms with Crippen molar-refractivity contribution in [2.75, 3.05) is 38.4 Å². The van der Waals surface area contributed by atoms with E-state index in [-0.39, 0.29) is 36.4 Å². The van der Waals surface area contributed by atoms with Crippen molar-refractivity contribution in [3.8, 4) is 5.75 Å². The lowest BCUT2D eigenvalue weighted by Crippen LogP contribution is -2.32. The molecular weight excluding hydrogens is 662 g/mol. The Bertz CT molecular complexity index is 1940. The van der Waals surface area contributed by atoms with Crippen LogP contribution in [0, 0.1) is 0 Å². The SMILES string of the molecule is CN(C)c1ccc2c(c1)OC1CC(=[N+](C)C)C=CC1=C2c1cc(C(=O)NCc2ccc(NC(=O)CCCCCCC(=O)NO)cc2)ccc1C(=O)O. The summed E-state index contributed by atoms with van der Waals surface area (Å²) < 4.78 is 8.58. The number of amides is 3. The van der Waals surface area contributed by atoms with Gasteiger partial charge in [0.25, 0.3) is 5.91 Å². The Balaban J connectivity index is 1.30. The zero-order valence-electron chi connectivity index (χ0n) is 30.0. The van der Waals surface area contributed by atoms with Gasteiger partial charge in [0.2, 0.25) is 11.8 Å². The number of ether oxygens (including phenoxy) is 1. The molecule has 0 aromatic heterocycles. The predicted molar refractivity (Wildman–Crippen MR) is 199 cm³/mol. The minimum atomic E-state index is -1.10. The maximum Gasteiger partial charge on any atom is 0.336 e. The number of hydrogen-bond acceptors (Lipinski definition) is 7. The van der Waals surface area contributed by atoms with Crippen molar-refractivity contribution < 1.29 is 38.8 Å². The molecule has 3 aromatic carbocycles. The van der Waals surface area contributed by atoms with E-state index in [2.05, 4.69) is 10.6 Å². The van der Waals surface area contributed by atoms with Crippen molar-refractivity contribution in [1.82, 2.24) is 10.8 Å². The zero-order valence-corrected chi connectivity index (χ0v) is 30.0. The Morgan fingerprint density at radius 3 is 2.23 bits per heavy atom. The van der Waals surface area contributed by atoms with Crippen LogP contribution in [-0.2, 0) is 16.1 Å². The smallest absolute Gasteiger partial charge is 0.336 e. The van der Waals surface area contributed by atoms with Crippen LogP contribution in [0.1, 0.15) is 82.4 Å². The van der Waals surface area contributed by atoms with E-state index in [1.807, 2.05) is 80.1 Å². The van der Waals surface area contributed by atoms with Gasteiger partial charge < -0.3 is 25.4 Å². The van der Waals surface area contributed by atoms with Gasteiger partial charge >= 0.3 is 5.97 Å². The molecule has 5 rings (SSSR count). The molecule has 272 valence electrons. The maximum atomic E-state index is 13.5. The first-order chi connectivity index (χ1) is 24.9. The molecule has 0 saturated heterocycles. The Morgan fingerprint density at radius 1 is 0.865 bits per heavy atom. The van der Waals surface area contributed by atoms with Crippen molar-refractivity contribution in [3.05, 3.63) is 106 Å². The highest BCUT2D eigenvalue weighted by Crippen LogP contribution is 2.44. The second-order valence-corrected chi connectivity index (χ2v) is 13.4. The van der Waals surface area contributed by atoms with Crippen LogP contribution < -0.4 is 25.8 Å². The van der Waals surface area contributed by atoms with Gasteiger partial charge in [0.15, 0.2) is 5.71 Å². The minimum absolute atomic E-state index is 0.0860. The highest BCUT2D eigenvalue weighted by molar-refractivity contribution is 6.04. The lowest BCUT2D eigenvalue weighted by molar-refractivity contribution is -0.465. The monoisotopic (exact) mass is 708 g/mol. The number of anilines is 2. The molecule has 3 aromatic rings. The molecule has 52 heavy (non-hydrogen) atoms. The number of hydroxylamine groups is 1. The van der Waals surface area contributed by atoms with E-state index in [1.165, 1.54) is 12.1 Å². The molecule has 12 nitrogen and oxygen atoms in total. The van der Waals surface area contributed by atoms with Crippen molar-refractivity contribution in [1.29, 1.82) is 0 Å². The van der Waals surface area contributed by atoms with Crippen LogP contribution >= 0.6 is 0 Å². The number of carbonyl (C=O) groups excluding carboxylic acids is 3. The lowest BCUT2D eigenvalue weighted by atomic mass is 9.81. The van der Waals surface area contributed by atoms with Crippen LogP contribution in [0.25, 0.3) is 5.57 Å². The van der Waals surface area contributed by atoms with Crippen LogP contribution in [0.15, 0.2) is 78.4 Å². The van der Waals surface area contributed by atoms with Gasteiger partial charge in [-0.15, -0.1) is 0 Å². The number of aromatic carboxylic acids is 1. The van der Waals surface area contributed by atoms with Gasteiger partial charge in [-0.25, -0.2) is 14.9 Å². The largest absolute Gasteiger partial charge is 0.484 e. The van der Waals surface area contributed by atoms with Gasteiger partial charge in [0, 0.05) is 79.3 Å². The summed E-state index contributed by atoms with van der Waals surface area (Å²) in [5, 5.41) is 24.6. The summed E-state index contributed by atoms with van der Waals surface area (Å²) in [4.78, 5) is 51.5. The van der Waals surface area contributed by atoms with Gasteiger partial charge in [-0.1, -0.05) is 25.0 Å². The molecule has 5 N–H and O–H groups in total. The van der Waals surface area contributed by atoms with E-state index in [4.69, 9.17) is 9.94 Å². The topological polar surface area (TPSA) is 160 Å². The molecule has 12 heteroatoms. The van der Waals surface area contributed by atoms with Crippen LogP contribution in [0.3, 0.4) is 0 Å². The van der Waals surface area contributed by atoms with Gasteiger partial charge in [0.1, 0.15) is 25.9 Å². The number of rotatable bonds is 14. The van der Waals surface area contributed by atoms with Crippen molar-refractivity contribution in [3.63, 3.8) is 0 Å². The number of allylic oxidation sites excluding steroid dienone is 1. The summed E-state index contributed by atoms with van der Waals surface area (Å²) in [5.74, 6) is -1.32. The number of fused-ring (bicyclic) bond motifs is 2. The minimum Gasteiger partial charge on any atom is -0.484 e. The summed E-state index contributed by atoms with van der Waals surface area (Å²) in [5.41, 5.74) is 8.29. The molecule has 0 radical (unpaired) electrons. The lowest BCUT2D eigenvalue weighted by Gasteiger charge is -2.33. The molecule has 3 amide bonds. The first-order valence-electron chi connectivity index (χ1n) is 17.4. The number of carbonyl (C=O) groups is 4. The van der Waals surface area contributed by atoms with Crippen LogP contribution in [-0.4, -0.2) is 78.6 Å². The van der Waals surface area contributed by atoms with E-state index in [1.54, 1.807) is 23.7 Å². The second kappa shape index (κ2) is 17.0. The quantitative estimate of drug-likeness (QED) is 0.0644. The number of unbranched alkanes of at least 4 members (excludes halogenated alkanes) is 3. The van der Waals surface area contributed by atoms with Crippen LogP contribution in [0.4, 0.5) is 11.4 Å². The fraction of sp³-hybridized carbons (Fsp3) is 0.325. The van der Waals surface area contributed by atoms with Gasteiger partial charge in [-0.2, -0.15) is 0 Å². The molecule has 1 aliphatic carbocycles. The van der Waals surface area contributed by atoms with Crippen molar-refractivity contribution in [2.45, 2.75) is 57.6 Å². The van der Waals surface area contributed by atoms with Gasteiger partial charge in [0.05, 0.1) is 12.0 Å². The molecular formula is C40H46N5O7+. The first kappa shape index (κ1) is 37.5. The fourth-order valence-electron chi connectivity index (χ4n) is 6.32. The Kier molecular flexibility index (Phi) is 12.2. The zero-order chi connectivity index (χ0) is 37.4. The maximum absolute atomic E-state index is 13.5. The predicted octanol–water partition coefficient (Wildman–Crippen LogP) is 5.40. The van der Waals surface area contributed by atoms with E-state index in [0.29, 0.717) is 48.2 Å². The average molecular weight is 709 g/mol. The highest BCUT2D eigenvalue weighted by atomic mass is 16.5. The summed E-state index contributed by atoms with van der Waals surface area (Å²) in [6.07, 6.45) is 7.82. The van der Waals surface area contributed by atoms with Crippen LogP contribution in [0.2, 0.25) is 0 Å². The molecule has 1 unspecified atom stereocenters. The number of carboxylic acids is 1. The number of nitrogens with zero attached hydrogens (tertiary/aromatic N) is 2. The number of benzene rings is 3. The third-order valence-corrected chi connectivity index (χ3v) is 9.23. The van der Waals surface area contributed by atoms with Crippen LogP contribution in [0.5, 0.6) is 5.75 Å². The second-order valence-electron chi connectivity index (χ2n) is 13.4. The third kappa shape index (κ3) is 9.12. The summed E-state index contributed by atoms with van der Waals surface area (Å²) in [6, 6.07) is 17.7. The molecule has 1 aliphatic heterocycles. The summed E-state index contributed by atoms with van der Waals surface area (Å²) in [7, 11) is 7.85. The Hall–Kier alpha value is -5.75. The van der Waals surface area contributed by atoms with Gasteiger partial charge in [-0.05, 0) is 72.5 Å². The Morgan fingerprint density at radius 2 is 1.58 bits per heavy atom. The molecule has 0 saturated carbocycles. The third-order valence-electron chi connectivity index (χ3n) is 9.23. The fourth-order valence-corrected chi connectivity index (χ4v) is 6.32. The molecule has 0 bridgehead atoms. The van der Waals surface area contributed by atoms with E-state index in [9.17, 15) is 24.3 Å². The summed E-state index contributed by atoms with van der Waals surface area (Å²) in [6.45, 7) is 0.225. The van der Waals surface area contributed by atoms with E-state index >= 15 is 0 Å². The van der Waals surface area contributed by atoms with E-state index < -0.39 is 11.9 Å². The molecule has 0 spiro atoms. The molecule has 2 aliphatic rings. The molecule has 1 heterocycles. The highest BCUT2D eigenvalue weighted by Gasteiger charge is 2.35. The first-order valence-corrected chi connectivity index (χ1v) is 17.4. The Labute approximate surface area is 303 Å².